The van der Waals surface area contributed by atoms with Crippen LogP contribution in [-0.2, 0) is 9.31 Å². The quantitative estimate of drug-likeness (QED) is 0.786. The van der Waals surface area contributed by atoms with E-state index >= 15 is 0 Å². The van der Waals surface area contributed by atoms with Gasteiger partial charge >= 0.3 is 7.12 Å². The normalized spacial score (nSPS) is 19.1. The van der Waals surface area contributed by atoms with E-state index < -0.39 is 7.12 Å². The largest absolute Gasteiger partial charge is 0.497 e. The summed E-state index contributed by atoms with van der Waals surface area (Å²) in [7, 11) is 1.26. The van der Waals surface area contributed by atoms with Crippen LogP contribution < -0.4 is 4.74 Å². The molecule has 1 fully saturated rings. The maximum atomic E-state index is 6.14. The average molecular weight is 337 g/mol. The van der Waals surface area contributed by atoms with Crippen molar-refractivity contribution < 1.29 is 14.0 Å². The molecule has 0 saturated carbocycles. The minimum absolute atomic E-state index is 0.364. The lowest BCUT2D eigenvalue weighted by molar-refractivity contribution is 0.00578. The fourth-order valence-corrected chi connectivity index (χ4v) is 2.75. The number of pyridine rings is 1. The highest BCUT2D eigenvalue weighted by atomic mass is 16.7. The molecule has 1 aliphatic rings. The number of ether oxygens (including phenoxy) is 1. The molecule has 0 amide bonds. The van der Waals surface area contributed by atoms with Crippen LogP contribution in [0.4, 0.5) is 0 Å². The van der Waals surface area contributed by atoms with Gasteiger partial charge in [-0.3, -0.25) is 4.98 Å². The number of benzene rings is 1. The molecule has 3 rings (SSSR count). The lowest BCUT2D eigenvalue weighted by Gasteiger charge is -2.32. The smallest absolute Gasteiger partial charge is 0.487 e. The predicted molar refractivity (Wildman–Crippen MR) is 100 cm³/mol. The van der Waals surface area contributed by atoms with E-state index in [1.54, 1.807) is 19.5 Å². The van der Waals surface area contributed by atoms with Gasteiger partial charge < -0.3 is 14.0 Å². The number of rotatable bonds is 4. The van der Waals surface area contributed by atoms with Gasteiger partial charge in [0.1, 0.15) is 5.75 Å². The molecule has 0 bridgehead atoms. The molecule has 1 aromatic carbocycles. The monoisotopic (exact) mass is 337 g/mol. The van der Waals surface area contributed by atoms with Crippen molar-refractivity contribution in [1.29, 1.82) is 0 Å². The highest BCUT2D eigenvalue weighted by Crippen LogP contribution is 2.38. The Morgan fingerprint density at radius 3 is 1.96 bits per heavy atom. The molecule has 2 aromatic rings. The summed E-state index contributed by atoms with van der Waals surface area (Å²) in [5.74, 6) is 2.86. The SMILES string of the molecule is COc1ccc(C(=CB2OC(C)(C)C(C)(C)O2)c2ccncc2)cc1. The molecule has 0 radical (unpaired) electrons. The van der Waals surface area contributed by atoms with Crippen molar-refractivity contribution in [2.45, 2.75) is 38.9 Å². The predicted octanol–water partition coefficient (Wildman–Crippen LogP) is 4.15. The molecule has 5 heteroatoms. The third kappa shape index (κ3) is 3.62. The van der Waals surface area contributed by atoms with Gasteiger partial charge in [-0.1, -0.05) is 12.1 Å². The van der Waals surface area contributed by atoms with Crippen LogP contribution in [0, 0.1) is 0 Å². The Morgan fingerprint density at radius 2 is 1.44 bits per heavy atom. The zero-order valence-corrected chi connectivity index (χ0v) is 15.4. The van der Waals surface area contributed by atoms with E-state index in [0.29, 0.717) is 0 Å². The third-order valence-corrected chi connectivity index (χ3v) is 4.97. The molecule has 1 saturated heterocycles. The number of methoxy groups -OCH3 is 1. The maximum absolute atomic E-state index is 6.14. The zero-order chi connectivity index (χ0) is 18.1. The van der Waals surface area contributed by atoms with E-state index in [9.17, 15) is 0 Å². The fraction of sp³-hybridized carbons (Fsp3) is 0.350. The standard InChI is InChI=1S/C20H24BNO3/c1-19(2)20(3,4)25-21(24-19)14-18(16-10-12-22-13-11-16)15-6-8-17(23-5)9-7-15/h6-14H,1-5H3. The summed E-state index contributed by atoms with van der Waals surface area (Å²) in [6.45, 7) is 8.22. The third-order valence-electron chi connectivity index (χ3n) is 4.97. The van der Waals surface area contributed by atoms with Gasteiger partial charge in [-0.2, -0.15) is 0 Å². The molecule has 0 aliphatic carbocycles. The van der Waals surface area contributed by atoms with Crippen LogP contribution in [0.2, 0.25) is 0 Å². The van der Waals surface area contributed by atoms with Crippen LogP contribution in [0.25, 0.3) is 5.57 Å². The van der Waals surface area contributed by atoms with Gasteiger partial charge in [-0.15, -0.1) is 0 Å². The summed E-state index contributed by atoms with van der Waals surface area (Å²) < 4.78 is 17.6. The van der Waals surface area contributed by atoms with E-state index in [4.69, 9.17) is 14.0 Å². The van der Waals surface area contributed by atoms with Gasteiger partial charge in [0.15, 0.2) is 0 Å². The van der Waals surface area contributed by atoms with Gasteiger partial charge in [-0.25, -0.2) is 0 Å². The van der Waals surface area contributed by atoms with Crippen molar-refractivity contribution >= 4 is 12.7 Å². The van der Waals surface area contributed by atoms with Gasteiger partial charge in [0.25, 0.3) is 0 Å². The molecule has 25 heavy (non-hydrogen) atoms. The molecule has 0 N–H and O–H groups in total. The van der Waals surface area contributed by atoms with E-state index in [1.807, 2.05) is 42.4 Å². The Labute approximate surface area is 150 Å². The molecule has 0 atom stereocenters. The number of aromatic nitrogens is 1. The zero-order valence-electron chi connectivity index (χ0n) is 15.4. The van der Waals surface area contributed by atoms with E-state index in [1.165, 1.54) is 0 Å². The molecule has 0 spiro atoms. The minimum Gasteiger partial charge on any atom is -0.497 e. The summed E-state index contributed by atoms with van der Waals surface area (Å²) in [6, 6.07) is 12.0. The molecule has 1 aromatic heterocycles. The summed E-state index contributed by atoms with van der Waals surface area (Å²) in [5.41, 5.74) is 2.45. The number of nitrogens with zero attached hydrogens (tertiary/aromatic N) is 1. The van der Waals surface area contributed by atoms with Crippen molar-refractivity contribution in [3.8, 4) is 5.75 Å². The summed E-state index contributed by atoms with van der Waals surface area (Å²) >= 11 is 0. The van der Waals surface area contributed by atoms with Gasteiger partial charge in [-0.05, 0) is 74.6 Å². The van der Waals surface area contributed by atoms with Crippen molar-refractivity contribution in [3.05, 3.63) is 65.9 Å². The Bertz CT molecular complexity index is 738. The van der Waals surface area contributed by atoms with Crippen molar-refractivity contribution in [2.24, 2.45) is 0 Å². The second-order valence-corrected chi connectivity index (χ2v) is 7.17. The van der Waals surface area contributed by atoms with E-state index in [2.05, 4.69) is 32.7 Å². The molecule has 0 unspecified atom stereocenters. The van der Waals surface area contributed by atoms with Crippen molar-refractivity contribution in [1.82, 2.24) is 4.98 Å². The van der Waals surface area contributed by atoms with E-state index in [0.717, 1.165) is 22.4 Å². The van der Waals surface area contributed by atoms with Crippen LogP contribution >= 0.6 is 0 Å². The Balaban J connectivity index is 2.00. The van der Waals surface area contributed by atoms with Gasteiger partial charge in [0, 0.05) is 12.4 Å². The average Bonchev–Trinajstić information content (AvgIpc) is 2.80. The van der Waals surface area contributed by atoms with Crippen LogP contribution in [0.5, 0.6) is 5.75 Å². The molecule has 130 valence electrons. The fourth-order valence-electron chi connectivity index (χ4n) is 2.75. The molecule has 4 nitrogen and oxygen atoms in total. The number of hydrogen-bond donors (Lipinski definition) is 0. The topological polar surface area (TPSA) is 40.6 Å². The lowest BCUT2D eigenvalue weighted by atomic mass is 9.82. The molecular weight excluding hydrogens is 313 g/mol. The van der Waals surface area contributed by atoms with Gasteiger partial charge in [0.2, 0.25) is 0 Å². The summed E-state index contributed by atoms with van der Waals surface area (Å²) in [6.07, 6.45) is 3.58. The highest BCUT2D eigenvalue weighted by Gasteiger charge is 2.50. The molecule has 1 aliphatic heterocycles. The second kappa shape index (κ2) is 6.66. The minimum atomic E-state index is -0.407. The van der Waals surface area contributed by atoms with E-state index in [-0.39, 0.29) is 11.2 Å². The molecular formula is C20H24BNO3. The summed E-state index contributed by atoms with van der Waals surface area (Å²) in [4.78, 5) is 4.12. The summed E-state index contributed by atoms with van der Waals surface area (Å²) in [5, 5.41) is 0. The first-order valence-corrected chi connectivity index (χ1v) is 8.45. The van der Waals surface area contributed by atoms with Crippen LogP contribution in [0.3, 0.4) is 0 Å². The van der Waals surface area contributed by atoms with Gasteiger partial charge in [0.05, 0.1) is 18.3 Å². The number of hydrogen-bond acceptors (Lipinski definition) is 4. The second-order valence-electron chi connectivity index (χ2n) is 7.17. The first-order valence-electron chi connectivity index (χ1n) is 8.45. The first-order chi connectivity index (χ1) is 11.8. The first kappa shape index (κ1) is 17.7. The maximum Gasteiger partial charge on any atom is 0.487 e. The van der Waals surface area contributed by atoms with Crippen LogP contribution in [-0.4, -0.2) is 30.4 Å². The van der Waals surface area contributed by atoms with Crippen molar-refractivity contribution in [3.63, 3.8) is 0 Å². The Morgan fingerprint density at radius 1 is 0.920 bits per heavy atom. The Hall–Kier alpha value is -2.11. The molecule has 2 heterocycles. The van der Waals surface area contributed by atoms with Crippen molar-refractivity contribution in [2.75, 3.05) is 7.11 Å². The van der Waals surface area contributed by atoms with Crippen LogP contribution in [0.1, 0.15) is 38.8 Å². The van der Waals surface area contributed by atoms with Crippen LogP contribution in [0.15, 0.2) is 54.8 Å². The highest BCUT2D eigenvalue weighted by molar-refractivity contribution is 6.53. The lowest BCUT2D eigenvalue weighted by Crippen LogP contribution is -2.41. The Kier molecular flexibility index (Phi) is 4.72.